The van der Waals surface area contributed by atoms with Gasteiger partial charge in [-0.1, -0.05) is 12.8 Å². The number of aromatic nitrogens is 1. The zero-order valence-corrected chi connectivity index (χ0v) is 10.3. The van der Waals surface area contributed by atoms with E-state index in [2.05, 4.69) is 4.98 Å². The van der Waals surface area contributed by atoms with E-state index in [-0.39, 0.29) is 23.7 Å². The van der Waals surface area contributed by atoms with Gasteiger partial charge in [0.25, 0.3) is 5.88 Å². The number of nitrogens with zero attached hydrogens (tertiary/aromatic N) is 3. The highest BCUT2D eigenvalue weighted by atomic mass is 16.6. The molecule has 100 valence electrons. The van der Waals surface area contributed by atoms with Crippen LogP contribution in [-0.4, -0.2) is 22.1 Å². The van der Waals surface area contributed by atoms with Crippen LogP contribution >= 0.6 is 0 Å². The number of nitro groups is 1. The van der Waals surface area contributed by atoms with Crippen molar-refractivity contribution in [1.29, 1.82) is 5.26 Å². The zero-order chi connectivity index (χ0) is 13.9. The van der Waals surface area contributed by atoms with Gasteiger partial charge in [0.05, 0.1) is 16.0 Å². The number of rotatable bonds is 4. The first kappa shape index (κ1) is 13.2. The third-order valence-corrected chi connectivity index (χ3v) is 3.25. The molecule has 7 heteroatoms. The highest BCUT2D eigenvalue weighted by molar-refractivity contribution is 5.46. The number of hydrogen-bond donors (Lipinski definition) is 1. The number of ether oxygens (including phenoxy) is 1. The van der Waals surface area contributed by atoms with Gasteiger partial charge >= 0.3 is 5.69 Å². The van der Waals surface area contributed by atoms with E-state index in [1.807, 2.05) is 0 Å². The predicted octanol–water partition coefficient (Wildman–Crippen LogP) is 1.51. The topological polar surface area (TPSA) is 115 Å². The molecule has 1 aromatic heterocycles. The molecule has 2 rings (SSSR count). The molecule has 19 heavy (non-hydrogen) atoms. The van der Waals surface area contributed by atoms with E-state index in [9.17, 15) is 10.1 Å². The van der Waals surface area contributed by atoms with Crippen LogP contribution in [0.4, 0.5) is 5.69 Å². The number of pyridine rings is 1. The van der Waals surface area contributed by atoms with E-state index in [0.717, 1.165) is 31.7 Å². The smallest absolute Gasteiger partial charge is 0.332 e. The van der Waals surface area contributed by atoms with Gasteiger partial charge in [-0.05, 0) is 12.8 Å². The van der Waals surface area contributed by atoms with E-state index < -0.39 is 10.5 Å². The van der Waals surface area contributed by atoms with Gasteiger partial charge in [0.15, 0.2) is 0 Å². The summed E-state index contributed by atoms with van der Waals surface area (Å²) in [5.41, 5.74) is 5.51. The van der Waals surface area contributed by atoms with Gasteiger partial charge in [-0.25, -0.2) is 4.98 Å². The summed E-state index contributed by atoms with van der Waals surface area (Å²) in [6.07, 6.45) is 5.03. The second-order valence-electron chi connectivity index (χ2n) is 4.78. The largest absolute Gasteiger partial charge is 0.471 e. The molecule has 1 aliphatic rings. The van der Waals surface area contributed by atoms with Crippen molar-refractivity contribution >= 4 is 5.69 Å². The van der Waals surface area contributed by atoms with Gasteiger partial charge in [0.1, 0.15) is 12.7 Å². The second kappa shape index (κ2) is 5.20. The molecule has 7 nitrogen and oxygen atoms in total. The number of nitriles is 1. The minimum atomic E-state index is -0.610. The maximum Gasteiger partial charge on any atom is 0.332 e. The third kappa shape index (κ3) is 2.98. The Hall–Kier alpha value is -2.20. The van der Waals surface area contributed by atoms with Crippen LogP contribution in [0.2, 0.25) is 0 Å². The molecule has 0 spiro atoms. The lowest BCUT2D eigenvalue weighted by Gasteiger charge is -2.22. The van der Waals surface area contributed by atoms with Gasteiger partial charge in [-0.15, -0.1) is 0 Å². The molecule has 0 atom stereocenters. The highest BCUT2D eigenvalue weighted by Gasteiger charge is 2.31. The van der Waals surface area contributed by atoms with Crippen LogP contribution in [0, 0.1) is 21.4 Å². The average molecular weight is 262 g/mol. The average Bonchev–Trinajstić information content (AvgIpc) is 2.83. The van der Waals surface area contributed by atoms with E-state index >= 15 is 0 Å². The van der Waals surface area contributed by atoms with Crippen LogP contribution in [-0.2, 0) is 0 Å². The Labute approximate surface area is 110 Å². The molecule has 1 aliphatic carbocycles. The molecule has 0 bridgehead atoms. The lowest BCUT2D eigenvalue weighted by Crippen LogP contribution is -2.42. The van der Waals surface area contributed by atoms with Crippen LogP contribution in [0.25, 0.3) is 0 Å². The molecule has 0 radical (unpaired) electrons. The molecule has 0 amide bonds. The Morgan fingerprint density at radius 2 is 2.26 bits per heavy atom. The molecule has 0 saturated heterocycles. The number of hydrogen-bond acceptors (Lipinski definition) is 6. The fraction of sp³-hybridized carbons (Fsp3) is 0.500. The highest BCUT2D eigenvalue weighted by Crippen LogP contribution is 2.30. The molecular weight excluding hydrogens is 248 g/mol. The predicted molar refractivity (Wildman–Crippen MR) is 66.5 cm³/mol. The van der Waals surface area contributed by atoms with Crippen molar-refractivity contribution in [2.45, 2.75) is 31.2 Å². The van der Waals surface area contributed by atoms with E-state index in [0.29, 0.717) is 0 Å². The van der Waals surface area contributed by atoms with Crippen LogP contribution in [0.1, 0.15) is 31.2 Å². The molecule has 1 fully saturated rings. The summed E-state index contributed by atoms with van der Waals surface area (Å²) >= 11 is 0. The maximum absolute atomic E-state index is 10.9. The monoisotopic (exact) mass is 262 g/mol. The second-order valence-corrected chi connectivity index (χ2v) is 4.78. The summed E-state index contributed by atoms with van der Waals surface area (Å²) in [6.45, 7) is 0.201. The minimum Gasteiger partial charge on any atom is -0.471 e. The van der Waals surface area contributed by atoms with Crippen molar-refractivity contribution in [2.24, 2.45) is 5.73 Å². The molecule has 0 aliphatic heterocycles. The van der Waals surface area contributed by atoms with E-state index in [1.165, 1.54) is 6.20 Å². The van der Waals surface area contributed by atoms with Crippen LogP contribution in [0.15, 0.2) is 12.3 Å². The van der Waals surface area contributed by atoms with Gasteiger partial charge in [-0.3, -0.25) is 10.1 Å². The lowest BCUT2D eigenvalue weighted by molar-refractivity contribution is -0.386. The summed E-state index contributed by atoms with van der Waals surface area (Å²) in [6, 6.07) is 2.96. The van der Waals surface area contributed by atoms with Crippen LogP contribution in [0.3, 0.4) is 0 Å². The summed E-state index contributed by atoms with van der Waals surface area (Å²) in [7, 11) is 0. The molecule has 0 aromatic carbocycles. The summed E-state index contributed by atoms with van der Waals surface area (Å²) in [5.74, 6) is -0.0827. The first-order valence-electron chi connectivity index (χ1n) is 6.00. The van der Waals surface area contributed by atoms with Crippen molar-refractivity contribution in [3.05, 3.63) is 27.9 Å². The van der Waals surface area contributed by atoms with Crippen molar-refractivity contribution in [2.75, 3.05) is 6.61 Å². The van der Waals surface area contributed by atoms with E-state index in [1.54, 1.807) is 6.07 Å². The van der Waals surface area contributed by atoms with Crippen molar-refractivity contribution < 1.29 is 9.66 Å². The number of nitrogens with two attached hydrogens (primary N) is 1. The van der Waals surface area contributed by atoms with Crippen LogP contribution < -0.4 is 10.5 Å². The van der Waals surface area contributed by atoms with Crippen LogP contribution in [0.5, 0.6) is 5.88 Å². The van der Waals surface area contributed by atoms with Gasteiger partial charge in [-0.2, -0.15) is 5.26 Å². The molecule has 0 unspecified atom stereocenters. The fourth-order valence-corrected chi connectivity index (χ4v) is 2.18. The normalized spacial score (nSPS) is 16.8. The molecule has 1 heterocycles. The molecule has 1 aromatic rings. The summed E-state index contributed by atoms with van der Waals surface area (Å²) in [5, 5.41) is 19.6. The lowest BCUT2D eigenvalue weighted by atomic mass is 10.0. The molecule has 1 saturated carbocycles. The van der Waals surface area contributed by atoms with Crippen molar-refractivity contribution in [3.8, 4) is 11.9 Å². The SMILES string of the molecule is N#Cc1cnc(OCC2(N)CCCC2)c([N+](=O)[O-])c1. The third-order valence-electron chi connectivity index (χ3n) is 3.25. The molecule has 2 N–H and O–H groups in total. The van der Waals surface area contributed by atoms with Crippen molar-refractivity contribution in [1.82, 2.24) is 4.98 Å². The summed E-state index contributed by atoms with van der Waals surface area (Å²) in [4.78, 5) is 14.1. The Kier molecular flexibility index (Phi) is 3.62. The Morgan fingerprint density at radius 1 is 1.58 bits per heavy atom. The Balaban J connectivity index is 2.16. The first-order valence-corrected chi connectivity index (χ1v) is 6.00. The Morgan fingerprint density at radius 3 is 2.84 bits per heavy atom. The van der Waals surface area contributed by atoms with Gasteiger partial charge < -0.3 is 10.5 Å². The first-order chi connectivity index (χ1) is 9.04. The Bertz CT molecular complexity index is 532. The van der Waals surface area contributed by atoms with E-state index in [4.69, 9.17) is 15.7 Å². The van der Waals surface area contributed by atoms with Gasteiger partial charge in [0.2, 0.25) is 0 Å². The van der Waals surface area contributed by atoms with Crippen molar-refractivity contribution in [3.63, 3.8) is 0 Å². The van der Waals surface area contributed by atoms with Gasteiger partial charge in [0, 0.05) is 12.3 Å². The zero-order valence-electron chi connectivity index (χ0n) is 10.3. The standard InChI is InChI=1S/C12H14N4O3/c13-6-9-5-10(16(17)18)11(15-7-9)19-8-12(14)3-1-2-4-12/h5,7H,1-4,8,14H2. The fourth-order valence-electron chi connectivity index (χ4n) is 2.18. The molecular formula is C12H14N4O3. The maximum atomic E-state index is 10.9. The summed E-state index contributed by atoms with van der Waals surface area (Å²) < 4.78 is 5.40. The minimum absolute atomic E-state index is 0.0827. The quantitative estimate of drug-likeness (QED) is 0.649.